The number of hydrogen-bond donors (Lipinski definition) is 1. The van der Waals surface area contributed by atoms with Gasteiger partial charge < -0.3 is 10.5 Å². The third-order valence-corrected chi connectivity index (χ3v) is 2.62. The van der Waals surface area contributed by atoms with Gasteiger partial charge in [0, 0.05) is 16.6 Å². The number of anilines is 1. The van der Waals surface area contributed by atoms with E-state index >= 15 is 0 Å². The number of ether oxygens (including phenoxy) is 1. The number of rotatable bonds is 3. The Hall–Kier alpha value is -1.03. The molecular formula is C13H18BrNO2. The second-order valence-corrected chi connectivity index (χ2v) is 5.85. The molecule has 94 valence electrons. The number of halogens is 1. The average Bonchev–Trinajstić information content (AvgIpc) is 2.17. The maximum Gasteiger partial charge on any atom is 0.306 e. The summed E-state index contributed by atoms with van der Waals surface area (Å²) in [7, 11) is 0. The van der Waals surface area contributed by atoms with Crippen LogP contribution in [0.3, 0.4) is 0 Å². The smallest absolute Gasteiger partial charge is 0.306 e. The van der Waals surface area contributed by atoms with Crippen molar-refractivity contribution in [1.82, 2.24) is 0 Å². The Kier molecular flexibility index (Phi) is 4.57. The molecule has 0 spiro atoms. The van der Waals surface area contributed by atoms with Crippen molar-refractivity contribution in [2.75, 3.05) is 5.73 Å². The molecule has 0 aliphatic rings. The lowest BCUT2D eigenvalue weighted by Gasteiger charge is -2.19. The van der Waals surface area contributed by atoms with E-state index in [1.807, 2.05) is 39.0 Å². The van der Waals surface area contributed by atoms with Crippen molar-refractivity contribution in [2.45, 2.75) is 39.2 Å². The van der Waals surface area contributed by atoms with Crippen molar-refractivity contribution in [3.63, 3.8) is 0 Å². The van der Waals surface area contributed by atoms with Crippen molar-refractivity contribution in [3.05, 3.63) is 28.2 Å². The first-order chi connectivity index (χ1) is 7.78. The van der Waals surface area contributed by atoms with Crippen LogP contribution in [0.5, 0.6) is 0 Å². The highest BCUT2D eigenvalue weighted by Gasteiger charge is 2.16. The highest BCUT2D eigenvalue weighted by molar-refractivity contribution is 9.10. The van der Waals surface area contributed by atoms with Crippen LogP contribution >= 0.6 is 15.9 Å². The summed E-state index contributed by atoms with van der Waals surface area (Å²) in [5, 5.41) is 0. The van der Waals surface area contributed by atoms with Crippen LogP contribution in [0.2, 0.25) is 0 Å². The Labute approximate surface area is 110 Å². The summed E-state index contributed by atoms with van der Waals surface area (Å²) >= 11 is 3.38. The van der Waals surface area contributed by atoms with Crippen molar-refractivity contribution in [3.8, 4) is 0 Å². The fraction of sp³-hybridized carbons (Fsp3) is 0.462. The molecular weight excluding hydrogens is 282 g/mol. The summed E-state index contributed by atoms with van der Waals surface area (Å²) in [4.78, 5) is 11.6. The largest absolute Gasteiger partial charge is 0.460 e. The van der Waals surface area contributed by atoms with Crippen LogP contribution in [0.15, 0.2) is 22.7 Å². The van der Waals surface area contributed by atoms with E-state index in [1.165, 1.54) is 0 Å². The lowest BCUT2D eigenvalue weighted by atomic mass is 10.1. The number of aryl methyl sites for hydroxylation is 1. The number of benzene rings is 1. The summed E-state index contributed by atoms with van der Waals surface area (Å²) in [5.74, 6) is -0.197. The van der Waals surface area contributed by atoms with Crippen molar-refractivity contribution in [1.29, 1.82) is 0 Å². The molecule has 0 atom stereocenters. The molecule has 0 saturated heterocycles. The molecule has 0 aliphatic heterocycles. The molecule has 3 nitrogen and oxygen atoms in total. The van der Waals surface area contributed by atoms with Gasteiger partial charge in [-0.15, -0.1) is 0 Å². The van der Waals surface area contributed by atoms with Gasteiger partial charge >= 0.3 is 5.97 Å². The van der Waals surface area contributed by atoms with Gasteiger partial charge in [0.05, 0.1) is 0 Å². The van der Waals surface area contributed by atoms with E-state index in [1.54, 1.807) is 0 Å². The van der Waals surface area contributed by atoms with E-state index in [0.717, 1.165) is 10.0 Å². The Morgan fingerprint density at radius 1 is 1.41 bits per heavy atom. The number of hydrogen-bond acceptors (Lipinski definition) is 3. The summed E-state index contributed by atoms with van der Waals surface area (Å²) in [6.45, 7) is 5.58. The standard InChI is InChI=1S/C13H18BrNO2/c1-13(2,3)17-12(16)7-4-9-8-10(14)5-6-11(9)15/h5-6,8H,4,7,15H2,1-3H3. The quantitative estimate of drug-likeness (QED) is 0.688. The van der Waals surface area contributed by atoms with Gasteiger partial charge in [-0.1, -0.05) is 15.9 Å². The minimum atomic E-state index is -0.431. The summed E-state index contributed by atoms with van der Waals surface area (Å²) in [5.41, 5.74) is 7.07. The van der Waals surface area contributed by atoms with Crippen LogP contribution < -0.4 is 5.73 Å². The van der Waals surface area contributed by atoms with Gasteiger partial charge in [0.2, 0.25) is 0 Å². The molecule has 0 bridgehead atoms. The van der Waals surface area contributed by atoms with Gasteiger partial charge in [-0.2, -0.15) is 0 Å². The number of carbonyl (C=O) groups excluding carboxylic acids is 1. The zero-order valence-electron chi connectivity index (χ0n) is 10.4. The first-order valence-corrected chi connectivity index (χ1v) is 6.33. The van der Waals surface area contributed by atoms with Crippen LogP contribution in [0.4, 0.5) is 5.69 Å². The number of carbonyl (C=O) groups is 1. The molecule has 0 aromatic heterocycles. The van der Waals surface area contributed by atoms with E-state index in [2.05, 4.69) is 15.9 Å². The summed E-state index contributed by atoms with van der Waals surface area (Å²) in [6.07, 6.45) is 0.943. The molecule has 0 radical (unpaired) electrons. The van der Waals surface area contributed by atoms with E-state index < -0.39 is 5.60 Å². The lowest BCUT2D eigenvalue weighted by Crippen LogP contribution is -2.24. The maximum atomic E-state index is 11.6. The van der Waals surface area contributed by atoms with Gasteiger partial charge in [0.1, 0.15) is 5.60 Å². The van der Waals surface area contributed by atoms with Crippen molar-refractivity contribution >= 4 is 27.6 Å². The second kappa shape index (κ2) is 5.54. The van der Waals surface area contributed by atoms with Gasteiger partial charge in [-0.05, 0) is 51.0 Å². The van der Waals surface area contributed by atoms with Crippen LogP contribution in [-0.2, 0) is 16.0 Å². The van der Waals surface area contributed by atoms with E-state index in [-0.39, 0.29) is 5.97 Å². The first kappa shape index (κ1) is 14.0. The molecule has 1 aromatic rings. The highest BCUT2D eigenvalue weighted by atomic mass is 79.9. The molecule has 4 heteroatoms. The Bertz CT molecular complexity index is 410. The molecule has 0 heterocycles. The average molecular weight is 300 g/mol. The van der Waals surface area contributed by atoms with Crippen LogP contribution in [0, 0.1) is 0 Å². The molecule has 0 unspecified atom stereocenters. The Morgan fingerprint density at radius 2 is 2.06 bits per heavy atom. The number of nitrogens with two attached hydrogens (primary N) is 1. The molecule has 0 aliphatic carbocycles. The molecule has 17 heavy (non-hydrogen) atoms. The SMILES string of the molecule is CC(C)(C)OC(=O)CCc1cc(Br)ccc1N. The lowest BCUT2D eigenvalue weighted by molar-refractivity contribution is -0.154. The minimum absolute atomic E-state index is 0.197. The fourth-order valence-corrected chi connectivity index (χ4v) is 1.83. The molecule has 2 N–H and O–H groups in total. The molecule has 0 fully saturated rings. The predicted molar refractivity (Wildman–Crippen MR) is 72.7 cm³/mol. The zero-order chi connectivity index (χ0) is 13.1. The third-order valence-electron chi connectivity index (χ3n) is 2.12. The third kappa shape index (κ3) is 5.22. The van der Waals surface area contributed by atoms with Gasteiger partial charge in [0.15, 0.2) is 0 Å². The first-order valence-electron chi connectivity index (χ1n) is 5.54. The molecule has 1 aromatic carbocycles. The van der Waals surface area contributed by atoms with Crippen LogP contribution in [0.25, 0.3) is 0 Å². The molecule has 1 rings (SSSR count). The zero-order valence-corrected chi connectivity index (χ0v) is 12.0. The monoisotopic (exact) mass is 299 g/mol. The molecule has 0 saturated carbocycles. The van der Waals surface area contributed by atoms with Gasteiger partial charge in [-0.25, -0.2) is 0 Å². The Morgan fingerprint density at radius 3 is 2.65 bits per heavy atom. The normalized spacial score (nSPS) is 11.3. The number of nitrogen functional groups attached to an aromatic ring is 1. The van der Waals surface area contributed by atoms with Crippen LogP contribution in [0.1, 0.15) is 32.8 Å². The minimum Gasteiger partial charge on any atom is -0.460 e. The second-order valence-electron chi connectivity index (χ2n) is 4.93. The summed E-state index contributed by atoms with van der Waals surface area (Å²) in [6, 6.07) is 5.64. The van der Waals surface area contributed by atoms with Gasteiger partial charge in [0.25, 0.3) is 0 Å². The number of esters is 1. The van der Waals surface area contributed by atoms with Crippen LogP contribution in [-0.4, -0.2) is 11.6 Å². The predicted octanol–water partition coefficient (Wildman–Crippen LogP) is 3.31. The topological polar surface area (TPSA) is 52.3 Å². The van der Waals surface area contributed by atoms with Crippen molar-refractivity contribution < 1.29 is 9.53 Å². The Balaban J connectivity index is 2.56. The highest BCUT2D eigenvalue weighted by Crippen LogP contribution is 2.20. The van der Waals surface area contributed by atoms with E-state index in [9.17, 15) is 4.79 Å². The van der Waals surface area contributed by atoms with E-state index in [4.69, 9.17) is 10.5 Å². The van der Waals surface area contributed by atoms with Gasteiger partial charge in [-0.3, -0.25) is 4.79 Å². The molecule has 0 amide bonds. The maximum absolute atomic E-state index is 11.6. The van der Waals surface area contributed by atoms with E-state index in [0.29, 0.717) is 18.5 Å². The van der Waals surface area contributed by atoms with Crippen molar-refractivity contribution in [2.24, 2.45) is 0 Å². The summed E-state index contributed by atoms with van der Waals surface area (Å²) < 4.78 is 6.20. The fourth-order valence-electron chi connectivity index (χ4n) is 1.42.